The first kappa shape index (κ1) is 18.4. The van der Waals surface area contributed by atoms with Crippen molar-refractivity contribution in [1.29, 1.82) is 0 Å². The summed E-state index contributed by atoms with van der Waals surface area (Å²) in [6.45, 7) is 4.88. The van der Waals surface area contributed by atoms with Gasteiger partial charge in [0.05, 0.1) is 10.8 Å². The fourth-order valence-corrected chi connectivity index (χ4v) is 4.27. The lowest BCUT2D eigenvalue weighted by Gasteiger charge is -2.19. The van der Waals surface area contributed by atoms with Crippen LogP contribution in [0.5, 0.6) is 0 Å². The van der Waals surface area contributed by atoms with E-state index in [0.717, 1.165) is 0 Å². The predicted molar refractivity (Wildman–Crippen MR) is 88.2 cm³/mol. The molecule has 132 valence electrons. The Labute approximate surface area is 141 Å². The van der Waals surface area contributed by atoms with E-state index in [-0.39, 0.29) is 17.3 Å². The average molecular weight is 354 g/mol. The van der Waals surface area contributed by atoms with E-state index in [9.17, 15) is 18.0 Å². The molecular formula is C16H22N2O5S. The maximum atomic E-state index is 12.4. The molecule has 2 rings (SSSR count). The summed E-state index contributed by atoms with van der Waals surface area (Å²) in [6, 6.07) is 5.80. The monoisotopic (exact) mass is 354 g/mol. The van der Waals surface area contributed by atoms with E-state index in [1.165, 1.54) is 33.5 Å². The molecule has 1 unspecified atom stereocenters. The Balaban J connectivity index is 2.15. The summed E-state index contributed by atoms with van der Waals surface area (Å²) in [6.07, 6.45) is 0.440. The van der Waals surface area contributed by atoms with E-state index in [1.807, 2.05) is 0 Å². The van der Waals surface area contributed by atoms with Crippen LogP contribution in [0.15, 0.2) is 29.2 Å². The van der Waals surface area contributed by atoms with Gasteiger partial charge in [0.15, 0.2) is 0 Å². The van der Waals surface area contributed by atoms with E-state index >= 15 is 0 Å². The molecular weight excluding hydrogens is 332 g/mol. The van der Waals surface area contributed by atoms with Gasteiger partial charge in [0.25, 0.3) is 5.91 Å². The molecule has 1 aromatic rings. The zero-order chi connectivity index (χ0) is 17.9. The smallest absolute Gasteiger partial charge is 0.308 e. The van der Waals surface area contributed by atoms with Crippen molar-refractivity contribution in [2.45, 2.75) is 25.2 Å². The molecule has 0 aromatic heterocycles. The Morgan fingerprint density at radius 3 is 2.25 bits per heavy atom. The second-order valence-corrected chi connectivity index (χ2v) is 7.63. The van der Waals surface area contributed by atoms with Crippen molar-refractivity contribution in [3.8, 4) is 0 Å². The number of nitrogens with zero attached hydrogens (tertiary/aromatic N) is 2. The van der Waals surface area contributed by atoms with Crippen LogP contribution in [0.1, 0.15) is 30.6 Å². The van der Waals surface area contributed by atoms with Crippen LogP contribution in [0.3, 0.4) is 0 Å². The van der Waals surface area contributed by atoms with Gasteiger partial charge < -0.3 is 10.0 Å². The zero-order valence-corrected chi connectivity index (χ0v) is 14.6. The van der Waals surface area contributed by atoms with E-state index < -0.39 is 21.9 Å². The number of carbonyl (C=O) groups excluding carboxylic acids is 1. The number of rotatable bonds is 6. The molecule has 1 heterocycles. The second-order valence-electron chi connectivity index (χ2n) is 5.69. The molecule has 1 aliphatic rings. The number of benzene rings is 1. The van der Waals surface area contributed by atoms with Crippen molar-refractivity contribution >= 4 is 21.9 Å². The summed E-state index contributed by atoms with van der Waals surface area (Å²) in [5.74, 6) is -1.70. The van der Waals surface area contributed by atoms with Crippen molar-refractivity contribution in [3.63, 3.8) is 0 Å². The van der Waals surface area contributed by atoms with E-state index in [4.69, 9.17) is 5.11 Å². The first-order chi connectivity index (χ1) is 11.3. The van der Waals surface area contributed by atoms with Gasteiger partial charge in [-0.3, -0.25) is 9.59 Å². The summed E-state index contributed by atoms with van der Waals surface area (Å²) >= 11 is 0. The van der Waals surface area contributed by atoms with Crippen molar-refractivity contribution in [1.82, 2.24) is 9.21 Å². The van der Waals surface area contributed by atoms with Crippen LogP contribution in [-0.4, -0.2) is 60.8 Å². The normalized spacial score (nSPS) is 18.1. The number of carbonyl (C=O) groups is 2. The largest absolute Gasteiger partial charge is 0.481 e. The number of carboxylic acids is 1. The fraction of sp³-hybridized carbons (Fsp3) is 0.500. The third-order valence-electron chi connectivity index (χ3n) is 4.27. The quantitative estimate of drug-likeness (QED) is 0.830. The number of hydrogen-bond acceptors (Lipinski definition) is 4. The molecule has 0 saturated carbocycles. The number of sulfonamides is 1. The molecule has 1 fully saturated rings. The first-order valence-electron chi connectivity index (χ1n) is 7.93. The van der Waals surface area contributed by atoms with E-state index in [0.29, 0.717) is 31.6 Å². The van der Waals surface area contributed by atoms with Gasteiger partial charge >= 0.3 is 5.97 Å². The van der Waals surface area contributed by atoms with Gasteiger partial charge in [-0.05, 0) is 30.7 Å². The number of hydrogen-bond donors (Lipinski definition) is 1. The fourth-order valence-electron chi connectivity index (χ4n) is 2.81. The molecule has 24 heavy (non-hydrogen) atoms. The zero-order valence-electron chi connectivity index (χ0n) is 13.8. The van der Waals surface area contributed by atoms with Crippen molar-refractivity contribution in [2.24, 2.45) is 5.92 Å². The first-order valence-corrected chi connectivity index (χ1v) is 9.37. The van der Waals surface area contributed by atoms with Gasteiger partial charge in [-0.2, -0.15) is 4.31 Å². The topological polar surface area (TPSA) is 95.0 Å². The van der Waals surface area contributed by atoms with Crippen molar-refractivity contribution in [3.05, 3.63) is 29.8 Å². The Kier molecular flexibility index (Phi) is 5.61. The van der Waals surface area contributed by atoms with Crippen LogP contribution in [0.25, 0.3) is 0 Å². The highest BCUT2D eigenvalue weighted by Gasteiger charge is 2.31. The lowest BCUT2D eigenvalue weighted by molar-refractivity contribution is -0.141. The molecule has 0 spiro atoms. The molecule has 7 nitrogen and oxygen atoms in total. The average Bonchev–Trinajstić information content (AvgIpc) is 3.05. The van der Waals surface area contributed by atoms with Gasteiger partial charge in [-0.15, -0.1) is 0 Å². The lowest BCUT2D eigenvalue weighted by Crippen LogP contribution is -2.31. The van der Waals surface area contributed by atoms with Gasteiger partial charge in [0.2, 0.25) is 10.0 Å². The number of amides is 1. The Morgan fingerprint density at radius 2 is 1.79 bits per heavy atom. The predicted octanol–water partition coefficient (Wildman–Crippen LogP) is 1.26. The van der Waals surface area contributed by atoms with E-state index in [1.54, 1.807) is 13.8 Å². The molecule has 1 saturated heterocycles. The summed E-state index contributed by atoms with van der Waals surface area (Å²) in [7, 11) is -3.55. The molecule has 0 bridgehead atoms. The number of likely N-dealkylation sites (tertiary alicyclic amines) is 1. The van der Waals surface area contributed by atoms with Crippen molar-refractivity contribution < 1.29 is 23.1 Å². The lowest BCUT2D eigenvalue weighted by atomic mass is 10.1. The third kappa shape index (κ3) is 3.59. The van der Waals surface area contributed by atoms with Gasteiger partial charge in [0.1, 0.15) is 0 Å². The highest BCUT2D eigenvalue weighted by Crippen LogP contribution is 2.21. The molecule has 0 radical (unpaired) electrons. The number of carboxylic acid groups (broad SMARTS) is 1. The number of aliphatic carboxylic acids is 1. The van der Waals surface area contributed by atoms with Crippen LogP contribution in [0.4, 0.5) is 0 Å². The Hall–Kier alpha value is -1.93. The highest BCUT2D eigenvalue weighted by atomic mass is 32.2. The molecule has 1 aromatic carbocycles. The summed E-state index contributed by atoms with van der Waals surface area (Å²) in [5, 5.41) is 9.00. The van der Waals surface area contributed by atoms with E-state index in [2.05, 4.69) is 0 Å². The van der Waals surface area contributed by atoms with Crippen LogP contribution in [0.2, 0.25) is 0 Å². The SMILES string of the molecule is CCN(CC)S(=O)(=O)c1ccc(C(=O)N2CCC(C(=O)O)C2)cc1. The Bertz CT molecular complexity index is 710. The van der Waals surface area contributed by atoms with Crippen LogP contribution < -0.4 is 0 Å². The highest BCUT2D eigenvalue weighted by molar-refractivity contribution is 7.89. The maximum Gasteiger partial charge on any atom is 0.308 e. The van der Waals surface area contributed by atoms with Crippen molar-refractivity contribution in [2.75, 3.05) is 26.2 Å². The summed E-state index contributed by atoms with van der Waals surface area (Å²) in [5.41, 5.74) is 0.361. The van der Waals surface area contributed by atoms with Crippen LogP contribution in [-0.2, 0) is 14.8 Å². The molecule has 1 N–H and O–H groups in total. The molecule has 8 heteroatoms. The van der Waals surface area contributed by atoms with Gasteiger partial charge in [-0.25, -0.2) is 8.42 Å². The second kappa shape index (κ2) is 7.31. The molecule has 1 amide bonds. The van der Waals surface area contributed by atoms with Crippen LogP contribution in [0, 0.1) is 5.92 Å². The Morgan fingerprint density at radius 1 is 1.21 bits per heavy atom. The summed E-state index contributed by atoms with van der Waals surface area (Å²) in [4.78, 5) is 25.0. The van der Waals surface area contributed by atoms with Gasteiger partial charge in [0, 0.05) is 31.7 Å². The minimum Gasteiger partial charge on any atom is -0.481 e. The summed E-state index contributed by atoms with van der Waals surface area (Å²) < 4.78 is 26.2. The minimum atomic E-state index is -3.55. The standard InChI is InChI=1S/C16H22N2O5S/c1-3-18(4-2)24(22,23)14-7-5-12(6-8-14)15(19)17-10-9-13(11-17)16(20)21/h5-8,13H,3-4,9-11H2,1-2H3,(H,20,21). The minimum absolute atomic E-state index is 0.146. The molecule has 1 atom stereocenters. The van der Waals surface area contributed by atoms with Gasteiger partial charge in [-0.1, -0.05) is 13.8 Å². The molecule has 0 aliphatic carbocycles. The third-order valence-corrected chi connectivity index (χ3v) is 6.33. The molecule has 1 aliphatic heterocycles. The van der Waals surface area contributed by atoms with Crippen LogP contribution >= 0.6 is 0 Å². The maximum absolute atomic E-state index is 12.4.